The van der Waals surface area contributed by atoms with Crippen molar-refractivity contribution in [3.05, 3.63) is 96.1 Å². The fraction of sp³-hybridized carbons (Fsp3) is 0.231. The summed E-state index contributed by atoms with van der Waals surface area (Å²) in [7, 11) is -4.24. The van der Waals surface area contributed by atoms with Gasteiger partial charge in [-0.3, -0.25) is 13.9 Å². The van der Waals surface area contributed by atoms with Gasteiger partial charge in [0.15, 0.2) is 0 Å². The molecule has 10 heteroatoms. The zero-order chi connectivity index (χ0) is 26.3. The number of hydrogen-bond donors (Lipinski definition) is 1. The average molecular weight is 516 g/mol. The second-order valence-corrected chi connectivity index (χ2v) is 9.85. The van der Waals surface area contributed by atoms with Crippen molar-refractivity contribution in [3.8, 4) is 0 Å². The van der Waals surface area contributed by atoms with Crippen LogP contribution in [0.25, 0.3) is 0 Å². The Hall–Kier alpha value is -3.79. The quantitative estimate of drug-likeness (QED) is 0.446. The largest absolute Gasteiger partial charge is 0.355 e. The van der Waals surface area contributed by atoms with Crippen LogP contribution in [-0.4, -0.2) is 44.3 Å². The van der Waals surface area contributed by atoms with Crippen LogP contribution in [0.15, 0.2) is 83.8 Å². The number of nitrogens with one attached hydrogen (secondary N) is 1. The first-order valence-corrected chi connectivity index (χ1v) is 12.7. The second kappa shape index (κ2) is 11.8. The van der Waals surface area contributed by atoms with Gasteiger partial charge in [0.05, 0.1) is 10.6 Å². The van der Waals surface area contributed by atoms with Crippen molar-refractivity contribution >= 4 is 27.5 Å². The third-order valence-corrected chi connectivity index (χ3v) is 7.33. The topological polar surface area (TPSA) is 86.8 Å². The summed E-state index contributed by atoms with van der Waals surface area (Å²) in [6.45, 7) is 2.57. The highest BCUT2D eigenvalue weighted by atomic mass is 32.2. The van der Waals surface area contributed by atoms with E-state index in [2.05, 4.69) is 5.32 Å². The average Bonchev–Trinajstić information content (AvgIpc) is 2.87. The minimum absolute atomic E-state index is 0.0603. The second-order valence-electron chi connectivity index (χ2n) is 7.98. The zero-order valence-corrected chi connectivity index (χ0v) is 20.7. The molecule has 0 heterocycles. The van der Waals surface area contributed by atoms with Gasteiger partial charge in [0.25, 0.3) is 10.0 Å². The van der Waals surface area contributed by atoms with Gasteiger partial charge in [0, 0.05) is 18.7 Å². The van der Waals surface area contributed by atoms with Gasteiger partial charge in [-0.1, -0.05) is 36.4 Å². The maximum absolute atomic E-state index is 14.4. The lowest BCUT2D eigenvalue weighted by Crippen LogP contribution is -2.51. The molecule has 2 amide bonds. The first-order valence-electron chi connectivity index (χ1n) is 11.3. The summed E-state index contributed by atoms with van der Waals surface area (Å²) in [5, 5.41) is 2.63. The number of halogens is 2. The lowest BCUT2D eigenvalue weighted by Gasteiger charge is -2.32. The number of benzene rings is 3. The SMILES string of the molecule is CCNC(=O)[C@H](C)N(Cc1ccccc1F)C(=O)CN(c1ccc(F)cc1)S(=O)(=O)c1ccccc1. The molecule has 0 radical (unpaired) electrons. The third kappa shape index (κ3) is 6.25. The summed E-state index contributed by atoms with van der Waals surface area (Å²) in [5.41, 5.74) is 0.228. The van der Waals surface area contributed by atoms with E-state index >= 15 is 0 Å². The molecule has 0 saturated heterocycles. The van der Waals surface area contributed by atoms with E-state index in [0.29, 0.717) is 6.54 Å². The number of hydrogen-bond acceptors (Lipinski definition) is 4. The van der Waals surface area contributed by atoms with E-state index < -0.39 is 46.1 Å². The number of anilines is 1. The fourth-order valence-electron chi connectivity index (χ4n) is 3.57. The summed E-state index contributed by atoms with van der Waals surface area (Å²) in [4.78, 5) is 27.2. The third-order valence-electron chi connectivity index (χ3n) is 5.54. The lowest BCUT2D eigenvalue weighted by atomic mass is 10.1. The first kappa shape index (κ1) is 26.8. The molecule has 190 valence electrons. The van der Waals surface area contributed by atoms with E-state index in [0.717, 1.165) is 21.3 Å². The van der Waals surface area contributed by atoms with E-state index in [1.165, 1.54) is 49.4 Å². The molecule has 0 unspecified atom stereocenters. The van der Waals surface area contributed by atoms with Crippen LogP contribution in [-0.2, 0) is 26.2 Å². The summed E-state index contributed by atoms with van der Waals surface area (Å²) in [6.07, 6.45) is 0. The van der Waals surface area contributed by atoms with E-state index in [1.807, 2.05) is 0 Å². The smallest absolute Gasteiger partial charge is 0.264 e. The van der Waals surface area contributed by atoms with Gasteiger partial charge in [0.1, 0.15) is 24.2 Å². The van der Waals surface area contributed by atoms with Crippen molar-refractivity contribution < 1.29 is 26.8 Å². The predicted molar refractivity (Wildman–Crippen MR) is 132 cm³/mol. The Bertz CT molecular complexity index is 1300. The van der Waals surface area contributed by atoms with Gasteiger partial charge in [0.2, 0.25) is 11.8 Å². The molecule has 7 nitrogen and oxygen atoms in total. The maximum Gasteiger partial charge on any atom is 0.264 e. The molecule has 36 heavy (non-hydrogen) atoms. The van der Waals surface area contributed by atoms with E-state index in [4.69, 9.17) is 0 Å². The minimum Gasteiger partial charge on any atom is -0.355 e. The normalized spacial score (nSPS) is 12.0. The van der Waals surface area contributed by atoms with Crippen molar-refractivity contribution in [2.24, 2.45) is 0 Å². The van der Waals surface area contributed by atoms with E-state index in [9.17, 15) is 26.8 Å². The van der Waals surface area contributed by atoms with Crippen molar-refractivity contribution in [1.29, 1.82) is 0 Å². The van der Waals surface area contributed by atoms with Gasteiger partial charge in [-0.2, -0.15) is 0 Å². The molecular formula is C26H27F2N3O4S. The van der Waals surface area contributed by atoms with Crippen LogP contribution in [0.4, 0.5) is 14.5 Å². The molecular weight excluding hydrogens is 488 g/mol. The Morgan fingerprint density at radius 3 is 2.14 bits per heavy atom. The predicted octanol–water partition coefficient (Wildman–Crippen LogP) is 3.71. The molecule has 3 rings (SSSR count). The molecule has 0 bridgehead atoms. The zero-order valence-electron chi connectivity index (χ0n) is 19.9. The van der Waals surface area contributed by atoms with Crippen molar-refractivity contribution in [1.82, 2.24) is 10.2 Å². The van der Waals surface area contributed by atoms with Crippen LogP contribution in [0.5, 0.6) is 0 Å². The molecule has 3 aromatic rings. The number of nitrogens with zero attached hydrogens (tertiary/aromatic N) is 2. The van der Waals surface area contributed by atoms with Crippen molar-refractivity contribution in [2.45, 2.75) is 31.3 Å². The van der Waals surface area contributed by atoms with Gasteiger partial charge in [-0.05, 0) is 56.3 Å². The van der Waals surface area contributed by atoms with Gasteiger partial charge >= 0.3 is 0 Å². The number of likely N-dealkylation sites (N-methyl/N-ethyl adjacent to an activating group) is 1. The van der Waals surface area contributed by atoms with Crippen LogP contribution >= 0.6 is 0 Å². The molecule has 1 N–H and O–H groups in total. The summed E-state index contributed by atoms with van der Waals surface area (Å²) in [5.74, 6) is -2.35. The van der Waals surface area contributed by atoms with E-state index in [-0.39, 0.29) is 22.7 Å². The Balaban J connectivity index is 2.02. The van der Waals surface area contributed by atoms with Crippen LogP contribution in [0.1, 0.15) is 19.4 Å². The number of amides is 2. The number of rotatable bonds is 10. The highest BCUT2D eigenvalue weighted by Crippen LogP contribution is 2.25. The van der Waals surface area contributed by atoms with Gasteiger partial charge < -0.3 is 10.2 Å². The molecule has 0 aromatic heterocycles. The highest BCUT2D eigenvalue weighted by molar-refractivity contribution is 7.92. The van der Waals surface area contributed by atoms with Gasteiger partial charge in [-0.25, -0.2) is 17.2 Å². The Kier molecular flexibility index (Phi) is 8.76. The molecule has 3 aromatic carbocycles. The molecule has 0 aliphatic carbocycles. The number of sulfonamides is 1. The van der Waals surface area contributed by atoms with Gasteiger partial charge in [-0.15, -0.1) is 0 Å². The number of carbonyl (C=O) groups excluding carboxylic acids is 2. The van der Waals surface area contributed by atoms with Crippen molar-refractivity contribution in [3.63, 3.8) is 0 Å². The van der Waals surface area contributed by atoms with Crippen LogP contribution in [0.3, 0.4) is 0 Å². The summed E-state index contributed by atoms with van der Waals surface area (Å²) >= 11 is 0. The molecule has 0 fully saturated rings. The monoisotopic (exact) mass is 515 g/mol. The summed E-state index contributed by atoms with van der Waals surface area (Å²) in [6, 6.07) is 17.0. The molecule has 0 saturated carbocycles. The molecule has 0 aliphatic heterocycles. The lowest BCUT2D eigenvalue weighted by molar-refractivity contribution is -0.139. The van der Waals surface area contributed by atoms with Crippen LogP contribution in [0.2, 0.25) is 0 Å². The maximum atomic E-state index is 14.4. The van der Waals surface area contributed by atoms with Crippen LogP contribution in [0, 0.1) is 11.6 Å². The molecule has 0 aliphatic rings. The molecule has 1 atom stereocenters. The highest BCUT2D eigenvalue weighted by Gasteiger charge is 2.32. The fourth-order valence-corrected chi connectivity index (χ4v) is 5.01. The first-order chi connectivity index (χ1) is 17.1. The standard InChI is InChI=1S/C26H27F2N3O4S/c1-3-29-26(33)19(2)30(17-20-9-7-8-12-24(20)28)25(32)18-31(22-15-13-21(27)14-16-22)36(34,35)23-10-5-4-6-11-23/h4-16,19H,3,17-18H2,1-2H3,(H,29,33)/t19-/m0/s1. The van der Waals surface area contributed by atoms with E-state index in [1.54, 1.807) is 31.2 Å². The summed E-state index contributed by atoms with van der Waals surface area (Å²) < 4.78 is 55.9. The Morgan fingerprint density at radius 1 is 0.917 bits per heavy atom. The Labute approximate surface area is 209 Å². The Morgan fingerprint density at radius 2 is 1.53 bits per heavy atom. The minimum atomic E-state index is -4.24. The van der Waals surface area contributed by atoms with Crippen molar-refractivity contribution in [2.75, 3.05) is 17.4 Å². The number of carbonyl (C=O) groups is 2. The molecule has 0 spiro atoms. The van der Waals surface area contributed by atoms with Crippen LogP contribution < -0.4 is 9.62 Å².